The molecule has 2 saturated carbocycles. The van der Waals surface area contributed by atoms with Crippen molar-refractivity contribution in [1.29, 1.82) is 0 Å². The lowest BCUT2D eigenvalue weighted by molar-refractivity contribution is -0.117. The molecular weight excluding hydrogens is 414 g/mol. The lowest BCUT2D eigenvalue weighted by atomic mass is 10.1. The molecule has 4 heterocycles. The fourth-order valence-electron chi connectivity index (χ4n) is 5.23. The molecule has 1 atom stereocenters. The van der Waals surface area contributed by atoms with Crippen molar-refractivity contribution < 1.29 is 9.59 Å². The van der Waals surface area contributed by atoms with Gasteiger partial charge in [0.05, 0.1) is 5.56 Å². The highest BCUT2D eigenvalue weighted by molar-refractivity contribution is 5.97. The van der Waals surface area contributed by atoms with E-state index in [1.54, 1.807) is 23.2 Å². The molecule has 2 aromatic heterocycles. The maximum atomic E-state index is 13.1. The second-order valence-electron chi connectivity index (χ2n) is 10.1. The van der Waals surface area contributed by atoms with Crippen LogP contribution in [-0.4, -0.2) is 58.9 Å². The van der Waals surface area contributed by atoms with E-state index in [4.69, 9.17) is 4.98 Å². The third-order valence-corrected chi connectivity index (χ3v) is 7.58. The van der Waals surface area contributed by atoms with Crippen molar-refractivity contribution >= 4 is 23.5 Å². The maximum Gasteiger partial charge on any atom is 0.255 e. The van der Waals surface area contributed by atoms with Gasteiger partial charge in [-0.3, -0.25) is 14.5 Å². The Kier molecular flexibility index (Phi) is 5.07. The van der Waals surface area contributed by atoms with Crippen LogP contribution in [0.15, 0.2) is 30.6 Å². The van der Waals surface area contributed by atoms with Crippen LogP contribution in [0, 0.1) is 0 Å². The zero-order chi connectivity index (χ0) is 22.5. The van der Waals surface area contributed by atoms with Crippen molar-refractivity contribution in [3.05, 3.63) is 47.3 Å². The SMILES string of the molecule is CC1CCC(=O)N1c1ccc(C(=O)N2CCN(c3ncc(C4CC4)cc3C3CC3)CC2)cn1. The molecule has 172 valence electrons. The number of aromatic nitrogens is 2. The van der Waals surface area contributed by atoms with Crippen LogP contribution >= 0.6 is 0 Å². The quantitative estimate of drug-likeness (QED) is 0.702. The van der Waals surface area contributed by atoms with Crippen LogP contribution in [0.2, 0.25) is 0 Å². The number of amides is 2. The van der Waals surface area contributed by atoms with Gasteiger partial charge in [0.15, 0.2) is 0 Å². The predicted molar refractivity (Wildman–Crippen MR) is 127 cm³/mol. The molecule has 0 radical (unpaired) electrons. The van der Waals surface area contributed by atoms with E-state index in [1.165, 1.54) is 36.8 Å². The molecule has 0 aromatic carbocycles. The Balaban J connectivity index is 1.11. The van der Waals surface area contributed by atoms with Crippen molar-refractivity contribution in [1.82, 2.24) is 14.9 Å². The zero-order valence-electron chi connectivity index (χ0n) is 19.2. The van der Waals surface area contributed by atoms with Gasteiger partial charge in [0.25, 0.3) is 5.91 Å². The Hall–Kier alpha value is -2.96. The van der Waals surface area contributed by atoms with Crippen LogP contribution in [0.3, 0.4) is 0 Å². The second kappa shape index (κ2) is 8.12. The van der Waals surface area contributed by atoms with E-state index in [2.05, 4.69) is 22.1 Å². The monoisotopic (exact) mass is 445 g/mol. The molecule has 1 unspecified atom stereocenters. The smallest absolute Gasteiger partial charge is 0.255 e. The molecule has 33 heavy (non-hydrogen) atoms. The Morgan fingerprint density at radius 1 is 0.939 bits per heavy atom. The molecular formula is C26H31N5O2. The third kappa shape index (κ3) is 3.98. The number of hydrogen-bond donors (Lipinski definition) is 0. The average Bonchev–Trinajstić information content (AvgIpc) is 3.77. The van der Waals surface area contributed by atoms with Gasteiger partial charge in [0.1, 0.15) is 11.6 Å². The van der Waals surface area contributed by atoms with E-state index in [0.29, 0.717) is 36.8 Å². The summed E-state index contributed by atoms with van der Waals surface area (Å²) >= 11 is 0. The van der Waals surface area contributed by atoms with Gasteiger partial charge < -0.3 is 9.80 Å². The summed E-state index contributed by atoms with van der Waals surface area (Å²) in [5, 5.41) is 0. The van der Waals surface area contributed by atoms with Crippen LogP contribution < -0.4 is 9.80 Å². The van der Waals surface area contributed by atoms with Gasteiger partial charge in [-0.25, -0.2) is 9.97 Å². The number of rotatable bonds is 5. The number of hydrogen-bond acceptors (Lipinski definition) is 5. The number of pyridine rings is 2. The van der Waals surface area contributed by atoms with E-state index >= 15 is 0 Å². The standard InChI is InChI=1S/C26H31N5O2/c1-17-2-9-24(32)31(17)23-8-7-20(15-27-23)26(33)30-12-10-29(11-13-30)25-22(19-5-6-19)14-21(16-28-25)18-3-4-18/h7-8,14-19H,2-6,9-13H2,1H3. The number of carbonyl (C=O) groups is 2. The van der Waals surface area contributed by atoms with Gasteiger partial charge in [0, 0.05) is 51.0 Å². The zero-order valence-corrected chi connectivity index (χ0v) is 19.2. The lowest BCUT2D eigenvalue weighted by Gasteiger charge is -2.36. The van der Waals surface area contributed by atoms with Crippen molar-refractivity contribution in [3.63, 3.8) is 0 Å². The van der Waals surface area contributed by atoms with Crippen molar-refractivity contribution in [2.75, 3.05) is 36.0 Å². The molecule has 4 fully saturated rings. The molecule has 7 nitrogen and oxygen atoms in total. The molecule has 6 rings (SSSR count). The molecule has 0 spiro atoms. The highest BCUT2D eigenvalue weighted by Crippen LogP contribution is 2.47. The largest absolute Gasteiger partial charge is 0.353 e. The van der Waals surface area contributed by atoms with E-state index in [0.717, 1.165) is 31.2 Å². The first-order valence-electron chi connectivity index (χ1n) is 12.4. The number of nitrogens with zero attached hydrogens (tertiary/aromatic N) is 5. The molecule has 4 aliphatic rings. The van der Waals surface area contributed by atoms with E-state index in [1.807, 2.05) is 11.8 Å². The first kappa shape index (κ1) is 20.6. The molecule has 7 heteroatoms. The fourth-order valence-corrected chi connectivity index (χ4v) is 5.23. The van der Waals surface area contributed by atoms with Crippen LogP contribution in [0.5, 0.6) is 0 Å². The minimum Gasteiger partial charge on any atom is -0.353 e. The summed E-state index contributed by atoms with van der Waals surface area (Å²) in [5.41, 5.74) is 3.41. The van der Waals surface area contributed by atoms with E-state index in [-0.39, 0.29) is 17.9 Å². The molecule has 2 amide bonds. The Morgan fingerprint density at radius 2 is 1.70 bits per heavy atom. The minimum absolute atomic E-state index is 0.00829. The minimum atomic E-state index is 0.00829. The summed E-state index contributed by atoms with van der Waals surface area (Å²) in [6.45, 7) is 4.99. The molecule has 2 aliphatic carbocycles. The topological polar surface area (TPSA) is 69.6 Å². The summed E-state index contributed by atoms with van der Waals surface area (Å²) in [4.78, 5) is 40.6. The highest BCUT2D eigenvalue weighted by atomic mass is 16.2. The van der Waals surface area contributed by atoms with Crippen LogP contribution in [0.1, 0.15) is 78.8 Å². The summed E-state index contributed by atoms with van der Waals surface area (Å²) in [6, 6.07) is 6.18. The number of carbonyl (C=O) groups excluding carboxylic acids is 2. The van der Waals surface area contributed by atoms with Gasteiger partial charge >= 0.3 is 0 Å². The Morgan fingerprint density at radius 3 is 2.30 bits per heavy atom. The molecule has 0 bridgehead atoms. The van der Waals surface area contributed by atoms with Crippen molar-refractivity contribution in [3.8, 4) is 0 Å². The molecule has 2 aliphatic heterocycles. The Labute approximate surface area is 194 Å². The summed E-state index contributed by atoms with van der Waals surface area (Å²) in [5.74, 6) is 3.28. The molecule has 0 N–H and O–H groups in total. The van der Waals surface area contributed by atoms with Crippen molar-refractivity contribution in [2.24, 2.45) is 0 Å². The van der Waals surface area contributed by atoms with Gasteiger partial charge in [-0.2, -0.15) is 0 Å². The van der Waals surface area contributed by atoms with Gasteiger partial charge in [-0.15, -0.1) is 0 Å². The average molecular weight is 446 g/mol. The fraction of sp³-hybridized carbons (Fsp3) is 0.538. The van der Waals surface area contributed by atoms with Gasteiger partial charge in [-0.1, -0.05) is 6.07 Å². The number of anilines is 2. The maximum absolute atomic E-state index is 13.1. The first-order valence-corrected chi connectivity index (χ1v) is 12.4. The lowest BCUT2D eigenvalue weighted by Crippen LogP contribution is -2.49. The van der Waals surface area contributed by atoms with Crippen LogP contribution in [-0.2, 0) is 4.79 Å². The van der Waals surface area contributed by atoms with Crippen molar-refractivity contribution in [2.45, 2.75) is 63.3 Å². The summed E-state index contributed by atoms with van der Waals surface area (Å²) in [7, 11) is 0. The highest BCUT2D eigenvalue weighted by Gasteiger charge is 2.33. The van der Waals surface area contributed by atoms with Gasteiger partial charge in [-0.05, 0) is 74.1 Å². The Bertz CT molecular complexity index is 1070. The van der Waals surface area contributed by atoms with E-state index < -0.39 is 0 Å². The predicted octanol–water partition coefficient (Wildman–Crippen LogP) is 3.71. The molecule has 2 saturated heterocycles. The van der Waals surface area contributed by atoms with E-state index in [9.17, 15) is 9.59 Å². The van der Waals surface area contributed by atoms with Crippen LogP contribution in [0.4, 0.5) is 11.6 Å². The summed E-state index contributed by atoms with van der Waals surface area (Å²) in [6.07, 6.45) is 10.3. The molecule has 2 aromatic rings. The number of piperazine rings is 1. The normalized spacial score (nSPS) is 23.4. The third-order valence-electron chi connectivity index (χ3n) is 7.58. The first-order chi connectivity index (χ1) is 16.1. The summed E-state index contributed by atoms with van der Waals surface area (Å²) < 4.78 is 0. The van der Waals surface area contributed by atoms with Gasteiger partial charge in [0.2, 0.25) is 5.91 Å². The van der Waals surface area contributed by atoms with Crippen LogP contribution in [0.25, 0.3) is 0 Å². The second-order valence-corrected chi connectivity index (χ2v) is 10.1.